The predicted molar refractivity (Wildman–Crippen MR) is 50.6 cm³/mol. The van der Waals surface area contributed by atoms with Gasteiger partial charge in [-0.3, -0.25) is 0 Å². The third kappa shape index (κ3) is 2.39. The molecular weight excluding hydrogens is 166 g/mol. The summed E-state index contributed by atoms with van der Waals surface area (Å²) in [4.78, 5) is 8.30. The molecule has 4 nitrogen and oxygen atoms in total. The molecule has 0 amide bonds. The Kier molecular flexibility index (Phi) is 3.19. The second kappa shape index (κ2) is 4.18. The van der Waals surface area contributed by atoms with Crippen molar-refractivity contribution >= 4 is 0 Å². The Morgan fingerprint density at radius 2 is 2.15 bits per heavy atom. The van der Waals surface area contributed by atoms with E-state index in [4.69, 9.17) is 10.5 Å². The predicted octanol–water partition coefficient (Wildman–Crippen LogP) is 1.07. The van der Waals surface area contributed by atoms with Crippen molar-refractivity contribution in [2.75, 3.05) is 7.11 Å². The van der Waals surface area contributed by atoms with Crippen LogP contribution in [0.3, 0.4) is 0 Å². The molecule has 0 saturated heterocycles. The Bertz CT molecular complexity index is 264. The van der Waals surface area contributed by atoms with E-state index in [0.29, 0.717) is 18.5 Å². The molecule has 72 valence electrons. The Balaban J connectivity index is 3.07. The topological polar surface area (TPSA) is 61.0 Å². The van der Waals surface area contributed by atoms with Gasteiger partial charge in [-0.05, 0) is 12.0 Å². The quantitative estimate of drug-likeness (QED) is 0.757. The maximum Gasteiger partial charge on any atom is 0.316 e. The third-order valence-electron chi connectivity index (χ3n) is 1.76. The van der Waals surface area contributed by atoms with Gasteiger partial charge in [0, 0.05) is 6.54 Å². The highest BCUT2D eigenvalue weighted by molar-refractivity contribution is 5.16. The first kappa shape index (κ1) is 9.92. The molecule has 0 spiro atoms. The van der Waals surface area contributed by atoms with Crippen molar-refractivity contribution in [2.45, 2.75) is 26.3 Å². The van der Waals surface area contributed by atoms with Gasteiger partial charge in [0.15, 0.2) is 0 Å². The highest BCUT2D eigenvalue weighted by Gasteiger charge is 2.06. The van der Waals surface area contributed by atoms with Gasteiger partial charge in [0.2, 0.25) is 0 Å². The second-order valence-electron chi connectivity index (χ2n) is 3.13. The Morgan fingerprint density at radius 1 is 1.46 bits per heavy atom. The Morgan fingerprint density at radius 3 is 2.62 bits per heavy atom. The molecule has 1 heterocycles. The number of nitrogens with zero attached hydrogens (tertiary/aromatic N) is 2. The second-order valence-corrected chi connectivity index (χ2v) is 3.13. The molecule has 0 aliphatic heterocycles. The molecule has 13 heavy (non-hydrogen) atoms. The molecule has 0 atom stereocenters. The lowest BCUT2D eigenvalue weighted by molar-refractivity contribution is 0.375. The summed E-state index contributed by atoms with van der Waals surface area (Å²) in [6.07, 6.45) is 0. The summed E-state index contributed by atoms with van der Waals surface area (Å²) in [5, 5.41) is 0. The van der Waals surface area contributed by atoms with Crippen LogP contribution in [0.25, 0.3) is 0 Å². The first-order valence-corrected chi connectivity index (χ1v) is 4.29. The van der Waals surface area contributed by atoms with Gasteiger partial charge in [-0.15, -0.1) is 0 Å². The molecule has 0 aliphatic carbocycles. The van der Waals surface area contributed by atoms with Gasteiger partial charge in [0.1, 0.15) is 0 Å². The number of hydrogen-bond donors (Lipinski definition) is 1. The van der Waals surface area contributed by atoms with Crippen LogP contribution in [0.15, 0.2) is 6.07 Å². The van der Waals surface area contributed by atoms with Crippen molar-refractivity contribution in [3.05, 3.63) is 17.5 Å². The number of rotatable bonds is 3. The van der Waals surface area contributed by atoms with Crippen molar-refractivity contribution < 1.29 is 4.74 Å². The number of ether oxygens (including phenoxy) is 1. The normalized spacial score (nSPS) is 10.5. The molecular formula is C9H15N3O. The summed E-state index contributed by atoms with van der Waals surface area (Å²) in [5.41, 5.74) is 7.28. The zero-order valence-corrected chi connectivity index (χ0v) is 8.24. The number of hydrogen-bond acceptors (Lipinski definition) is 4. The number of aromatic nitrogens is 2. The molecule has 0 aliphatic rings. The first-order chi connectivity index (χ1) is 6.17. The molecule has 0 bridgehead atoms. The molecule has 0 radical (unpaired) electrons. The van der Waals surface area contributed by atoms with Crippen molar-refractivity contribution in [3.8, 4) is 6.01 Å². The fourth-order valence-electron chi connectivity index (χ4n) is 0.985. The van der Waals surface area contributed by atoms with Gasteiger partial charge >= 0.3 is 6.01 Å². The summed E-state index contributed by atoms with van der Waals surface area (Å²) in [6.45, 7) is 4.56. The maximum atomic E-state index is 5.50. The minimum atomic E-state index is 0.363. The van der Waals surface area contributed by atoms with Gasteiger partial charge < -0.3 is 10.5 Å². The molecule has 0 saturated carbocycles. The van der Waals surface area contributed by atoms with Crippen LogP contribution in [0.4, 0.5) is 0 Å². The van der Waals surface area contributed by atoms with Gasteiger partial charge in [0.05, 0.1) is 18.5 Å². The fourth-order valence-corrected chi connectivity index (χ4v) is 0.985. The minimum absolute atomic E-state index is 0.363. The number of nitrogens with two attached hydrogens (primary N) is 1. The molecule has 1 aromatic heterocycles. The molecule has 4 heteroatoms. The summed E-state index contributed by atoms with van der Waals surface area (Å²) in [6, 6.07) is 2.30. The van der Waals surface area contributed by atoms with E-state index < -0.39 is 0 Å². The summed E-state index contributed by atoms with van der Waals surface area (Å²) >= 11 is 0. The van der Waals surface area contributed by atoms with E-state index >= 15 is 0 Å². The SMILES string of the molecule is COc1nc(CN)cc(C(C)C)n1. The first-order valence-electron chi connectivity index (χ1n) is 4.29. The molecule has 0 aromatic carbocycles. The lowest BCUT2D eigenvalue weighted by Gasteiger charge is -2.07. The Labute approximate surface area is 78.1 Å². The van der Waals surface area contributed by atoms with Crippen molar-refractivity contribution in [1.82, 2.24) is 9.97 Å². The van der Waals surface area contributed by atoms with Crippen molar-refractivity contribution in [2.24, 2.45) is 5.73 Å². The lowest BCUT2D eigenvalue weighted by Crippen LogP contribution is -2.06. The Hall–Kier alpha value is -1.16. The van der Waals surface area contributed by atoms with E-state index in [9.17, 15) is 0 Å². The standard InChI is InChI=1S/C9H15N3O/c1-6(2)8-4-7(5-10)11-9(12-8)13-3/h4,6H,5,10H2,1-3H3. The highest BCUT2D eigenvalue weighted by Crippen LogP contribution is 2.15. The van der Waals surface area contributed by atoms with Crippen molar-refractivity contribution in [1.29, 1.82) is 0 Å². The van der Waals surface area contributed by atoms with Gasteiger partial charge in [-0.1, -0.05) is 13.8 Å². The van der Waals surface area contributed by atoms with E-state index in [1.807, 2.05) is 6.07 Å². The minimum Gasteiger partial charge on any atom is -0.467 e. The molecule has 1 aromatic rings. The molecule has 2 N–H and O–H groups in total. The van der Waals surface area contributed by atoms with Crippen LogP contribution < -0.4 is 10.5 Å². The van der Waals surface area contributed by atoms with Crippen LogP contribution in [-0.4, -0.2) is 17.1 Å². The third-order valence-corrected chi connectivity index (χ3v) is 1.76. The average molecular weight is 181 g/mol. The summed E-state index contributed by atoms with van der Waals surface area (Å²) in [7, 11) is 1.56. The average Bonchev–Trinajstić information content (AvgIpc) is 2.16. The van der Waals surface area contributed by atoms with Crippen LogP contribution in [0.2, 0.25) is 0 Å². The fraction of sp³-hybridized carbons (Fsp3) is 0.556. The van der Waals surface area contributed by atoms with Gasteiger partial charge in [-0.2, -0.15) is 9.97 Å². The maximum absolute atomic E-state index is 5.50. The van der Waals surface area contributed by atoms with E-state index in [-0.39, 0.29) is 0 Å². The largest absolute Gasteiger partial charge is 0.467 e. The van der Waals surface area contributed by atoms with E-state index in [1.165, 1.54) is 0 Å². The summed E-state index contributed by atoms with van der Waals surface area (Å²) < 4.78 is 4.97. The molecule has 0 unspecified atom stereocenters. The van der Waals surface area contributed by atoms with Crippen LogP contribution in [0, 0.1) is 0 Å². The molecule has 1 rings (SSSR count). The zero-order chi connectivity index (χ0) is 9.84. The van der Waals surface area contributed by atoms with Crippen molar-refractivity contribution in [3.63, 3.8) is 0 Å². The van der Waals surface area contributed by atoms with Gasteiger partial charge in [0.25, 0.3) is 0 Å². The monoisotopic (exact) mass is 181 g/mol. The number of methoxy groups -OCH3 is 1. The van der Waals surface area contributed by atoms with Crippen LogP contribution >= 0.6 is 0 Å². The van der Waals surface area contributed by atoms with E-state index in [0.717, 1.165) is 11.4 Å². The van der Waals surface area contributed by atoms with Crippen LogP contribution in [-0.2, 0) is 6.54 Å². The van der Waals surface area contributed by atoms with Gasteiger partial charge in [-0.25, -0.2) is 0 Å². The van der Waals surface area contributed by atoms with Crippen LogP contribution in [0.1, 0.15) is 31.2 Å². The highest BCUT2D eigenvalue weighted by atomic mass is 16.5. The lowest BCUT2D eigenvalue weighted by atomic mass is 10.1. The molecule has 0 fully saturated rings. The van der Waals surface area contributed by atoms with Crippen LogP contribution in [0.5, 0.6) is 6.01 Å². The van der Waals surface area contributed by atoms with E-state index in [1.54, 1.807) is 7.11 Å². The summed E-state index contributed by atoms with van der Waals surface area (Å²) in [5.74, 6) is 0.363. The van der Waals surface area contributed by atoms with E-state index in [2.05, 4.69) is 23.8 Å². The smallest absolute Gasteiger partial charge is 0.316 e. The zero-order valence-electron chi connectivity index (χ0n) is 8.24.